The van der Waals surface area contributed by atoms with E-state index in [1.165, 1.54) is 6.08 Å². The normalized spacial score (nSPS) is 12.6. The van der Waals surface area contributed by atoms with Gasteiger partial charge in [-0.1, -0.05) is 19.1 Å². The number of amides is 1. The number of phenols is 1. The first-order valence-electron chi connectivity index (χ1n) is 5.54. The van der Waals surface area contributed by atoms with Gasteiger partial charge in [-0.25, -0.2) is 0 Å². The van der Waals surface area contributed by atoms with Gasteiger partial charge in [-0.3, -0.25) is 4.79 Å². The Morgan fingerprint density at radius 1 is 1.41 bits per heavy atom. The molecule has 0 fully saturated rings. The van der Waals surface area contributed by atoms with Crippen molar-refractivity contribution in [2.45, 2.75) is 19.4 Å². The molecule has 1 atom stereocenters. The van der Waals surface area contributed by atoms with Crippen molar-refractivity contribution in [3.8, 4) is 5.75 Å². The van der Waals surface area contributed by atoms with Crippen LogP contribution in [-0.2, 0) is 4.79 Å². The summed E-state index contributed by atoms with van der Waals surface area (Å²) >= 11 is 0. The van der Waals surface area contributed by atoms with Crippen molar-refractivity contribution < 1.29 is 15.0 Å². The summed E-state index contributed by atoms with van der Waals surface area (Å²) in [5, 5.41) is 20.7. The van der Waals surface area contributed by atoms with Crippen molar-refractivity contribution in [1.82, 2.24) is 5.32 Å². The number of hydrogen-bond acceptors (Lipinski definition) is 3. The molecule has 0 spiro atoms. The molecule has 92 valence electrons. The van der Waals surface area contributed by atoms with Gasteiger partial charge < -0.3 is 15.5 Å². The number of aliphatic hydroxyl groups excluding tert-OH is 1. The summed E-state index contributed by atoms with van der Waals surface area (Å²) in [4.78, 5) is 11.5. The van der Waals surface area contributed by atoms with E-state index in [9.17, 15) is 4.79 Å². The number of nitrogens with one attached hydrogen (secondary N) is 1. The molecule has 0 aliphatic rings. The Kier molecular flexibility index (Phi) is 5.23. The minimum Gasteiger partial charge on any atom is -0.508 e. The maximum atomic E-state index is 11.5. The highest BCUT2D eigenvalue weighted by Gasteiger charge is 2.05. The molecule has 1 aromatic carbocycles. The molecule has 1 aromatic rings. The van der Waals surface area contributed by atoms with Crippen molar-refractivity contribution in [1.29, 1.82) is 0 Å². The SMILES string of the molecule is CC[C@H](CO)NC(=O)/C=C/c1ccc(O)cc1. The average Bonchev–Trinajstić information content (AvgIpc) is 2.35. The number of hydrogen-bond donors (Lipinski definition) is 3. The van der Waals surface area contributed by atoms with Gasteiger partial charge in [-0.05, 0) is 30.2 Å². The number of benzene rings is 1. The van der Waals surface area contributed by atoms with Gasteiger partial charge in [0.05, 0.1) is 12.6 Å². The van der Waals surface area contributed by atoms with E-state index in [1.54, 1.807) is 30.3 Å². The van der Waals surface area contributed by atoms with E-state index in [1.807, 2.05) is 6.92 Å². The second kappa shape index (κ2) is 6.70. The van der Waals surface area contributed by atoms with Gasteiger partial charge in [0.2, 0.25) is 5.91 Å². The summed E-state index contributed by atoms with van der Waals surface area (Å²) in [7, 11) is 0. The molecule has 0 bridgehead atoms. The van der Waals surface area contributed by atoms with E-state index in [4.69, 9.17) is 10.2 Å². The lowest BCUT2D eigenvalue weighted by atomic mass is 10.2. The largest absolute Gasteiger partial charge is 0.508 e. The highest BCUT2D eigenvalue weighted by Crippen LogP contribution is 2.10. The van der Waals surface area contributed by atoms with Crippen LogP contribution in [0.4, 0.5) is 0 Å². The second-order valence-electron chi connectivity index (χ2n) is 3.72. The quantitative estimate of drug-likeness (QED) is 0.674. The summed E-state index contributed by atoms with van der Waals surface area (Å²) in [5.41, 5.74) is 0.829. The molecular formula is C13H17NO3. The Morgan fingerprint density at radius 3 is 2.59 bits per heavy atom. The smallest absolute Gasteiger partial charge is 0.244 e. The predicted octanol–water partition coefficient (Wildman–Crippen LogP) is 1.29. The minimum atomic E-state index is -0.237. The van der Waals surface area contributed by atoms with Crippen molar-refractivity contribution in [2.24, 2.45) is 0 Å². The van der Waals surface area contributed by atoms with Crippen LogP contribution < -0.4 is 5.32 Å². The molecule has 3 N–H and O–H groups in total. The number of aliphatic hydroxyl groups is 1. The summed E-state index contributed by atoms with van der Waals surface area (Å²) in [5.74, 6) is -0.0445. The Balaban J connectivity index is 2.53. The predicted molar refractivity (Wildman–Crippen MR) is 66.4 cm³/mol. The summed E-state index contributed by atoms with van der Waals surface area (Å²) in [6.45, 7) is 1.83. The molecule has 0 saturated carbocycles. The van der Waals surface area contributed by atoms with Gasteiger partial charge in [0.1, 0.15) is 5.75 Å². The lowest BCUT2D eigenvalue weighted by Gasteiger charge is -2.11. The van der Waals surface area contributed by atoms with Gasteiger partial charge in [-0.2, -0.15) is 0 Å². The van der Waals surface area contributed by atoms with Gasteiger partial charge in [0.15, 0.2) is 0 Å². The third-order valence-electron chi connectivity index (χ3n) is 2.38. The van der Waals surface area contributed by atoms with E-state index in [0.717, 1.165) is 5.56 Å². The van der Waals surface area contributed by atoms with E-state index in [0.29, 0.717) is 6.42 Å². The van der Waals surface area contributed by atoms with Crippen molar-refractivity contribution >= 4 is 12.0 Å². The zero-order chi connectivity index (χ0) is 12.7. The highest BCUT2D eigenvalue weighted by atomic mass is 16.3. The maximum Gasteiger partial charge on any atom is 0.244 e. The molecule has 0 saturated heterocycles. The third-order valence-corrected chi connectivity index (χ3v) is 2.38. The molecule has 0 heterocycles. The van der Waals surface area contributed by atoms with E-state index >= 15 is 0 Å². The first-order valence-corrected chi connectivity index (χ1v) is 5.54. The Morgan fingerprint density at radius 2 is 2.06 bits per heavy atom. The Hall–Kier alpha value is -1.81. The van der Waals surface area contributed by atoms with Crippen LogP contribution >= 0.6 is 0 Å². The monoisotopic (exact) mass is 235 g/mol. The van der Waals surface area contributed by atoms with Crippen LogP contribution in [0.15, 0.2) is 30.3 Å². The number of carbonyl (C=O) groups is 1. The number of carbonyl (C=O) groups excluding carboxylic acids is 1. The van der Waals surface area contributed by atoms with Crippen LogP contribution in [0.3, 0.4) is 0 Å². The molecule has 0 aliphatic carbocycles. The van der Waals surface area contributed by atoms with Crippen LogP contribution in [0.5, 0.6) is 5.75 Å². The lowest BCUT2D eigenvalue weighted by Crippen LogP contribution is -2.35. The lowest BCUT2D eigenvalue weighted by molar-refractivity contribution is -0.117. The molecule has 0 aliphatic heterocycles. The maximum absolute atomic E-state index is 11.5. The number of aromatic hydroxyl groups is 1. The van der Waals surface area contributed by atoms with Crippen LogP contribution in [-0.4, -0.2) is 28.8 Å². The minimum absolute atomic E-state index is 0.0602. The fraction of sp³-hybridized carbons (Fsp3) is 0.308. The molecule has 1 amide bonds. The van der Waals surface area contributed by atoms with Gasteiger partial charge >= 0.3 is 0 Å². The van der Waals surface area contributed by atoms with Crippen LogP contribution in [0, 0.1) is 0 Å². The van der Waals surface area contributed by atoms with Crippen LogP contribution in [0.25, 0.3) is 6.08 Å². The van der Waals surface area contributed by atoms with Crippen LogP contribution in [0.1, 0.15) is 18.9 Å². The highest BCUT2D eigenvalue weighted by molar-refractivity contribution is 5.91. The first kappa shape index (κ1) is 13.3. The topological polar surface area (TPSA) is 69.6 Å². The van der Waals surface area contributed by atoms with Gasteiger partial charge in [-0.15, -0.1) is 0 Å². The van der Waals surface area contributed by atoms with E-state index < -0.39 is 0 Å². The second-order valence-corrected chi connectivity index (χ2v) is 3.72. The molecular weight excluding hydrogens is 218 g/mol. The zero-order valence-electron chi connectivity index (χ0n) is 9.76. The third kappa shape index (κ3) is 4.70. The van der Waals surface area contributed by atoms with Crippen molar-refractivity contribution in [3.05, 3.63) is 35.9 Å². The van der Waals surface area contributed by atoms with Gasteiger partial charge in [0, 0.05) is 6.08 Å². The van der Waals surface area contributed by atoms with E-state index in [2.05, 4.69) is 5.32 Å². The molecule has 0 unspecified atom stereocenters. The average molecular weight is 235 g/mol. The molecule has 1 rings (SSSR count). The van der Waals surface area contributed by atoms with Crippen molar-refractivity contribution in [2.75, 3.05) is 6.61 Å². The molecule has 0 radical (unpaired) electrons. The fourth-order valence-electron chi connectivity index (χ4n) is 1.28. The first-order chi connectivity index (χ1) is 8.15. The zero-order valence-corrected chi connectivity index (χ0v) is 9.76. The summed E-state index contributed by atoms with van der Waals surface area (Å²) in [6.07, 6.45) is 3.75. The fourth-order valence-corrected chi connectivity index (χ4v) is 1.28. The Labute approximate surface area is 101 Å². The molecule has 17 heavy (non-hydrogen) atoms. The number of phenolic OH excluding ortho intramolecular Hbond substituents is 1. The standard InChI is InChI=1S/C13H17NO3/c1-2-11(9-15)14-13(17)8-5-10-3-6-12(16)7-4-10/h3-8,11,15-16H,2,9H2,1H3,(H,14,17)/b8-5+/t11-/m1/s1. The molecule has 0 aromatic heterocycles. The molecule has 4 heteroatoms. The number of rotatable bonds is 5. The van der Waals surface area contributed by atoms with Crippen LogP contribution in [0.2, 0.25) is 0 Å². The van der Waals surface area contributed by atoms with Gasteiger partial charge in [0.25, 0.3) is 0 Å². The van der Waals surface area contributed by atoms with E-state index in [-0.39, 0.29) is 24.3 Å². The summed E-state index contributed by atoms with van der Waals surface area (Å²) < 4.78 is 0. The molecule has 4 nitrogen and oxygen atoms in total. The van der Waals surface area contributed by atoms with Crippen molar-refractivity contribution in [3.63, 3.8) is 0 Å². The Bertz CT molecular complexity index is 380. The summed E-state index contributed by atoms with van der Waals surface area (Å²) in [6, 6.07) is 6.33.